The van der Waals surface area contributed by atoms with E-state index in [-0.39, 0.29) is 11.5 Å². The summed E-state index contributed by atoms with van der Waals surface area (Å²) in [6.07, 6.45) is 0.295. The average Bonchev–Trinajstić information content (AvgIpc) is 2.46. The van der Waals surface area contributed by atoms with Gasteiger partial charge in [-0.05, 0) is 39.3 Å². The quantitative estimate of drug-likeness (QED) is 0.619. The van der Waals surface area contributed by atoms with Crippen molar-refractivity contribution < 1.29 is 19.6 Å². The molecule has 7 nitrogen and oxygen atoms in total. The second-order valence-electron chi connectivity index (χ2n) is 5.57. The number of non-ortho nitro benzene ring substituents is 1. The number of nitro benzene ring substituents is 1. The first-order valence-electron chi connectivity index (χ1n) is 6.85. The molecule has 1 rings (SSSR count). The van der Waals surface area contributed by atoms with Gasteiger partial charge in [0.05, 0.1) is 10.3 Å². The molecule has 0 heterocycles. The van der Waals surface area contributed by atoms with Crippen molar-refractivity contribution in [2.75, 3.05) is 5.32 Å². The van der Waals surface area contributed by atoms with Gasteiger partial charge in [0.25, 0.3) is 11.6 Å². The van der Waals surface area contributed by atoms with Crippen molar-refractivity contribution in [3.05, 3.63) is 34.4 Å². The molecule has 0 saturated heterocycles. The van der Waals surface area contributed by atoms with Crippen LogP contribution >= 0.6 is 0 Å². The predicted octanol–water partition coefficient (Wildman–Crippen LogP) is 2.29. The topological polar surface area (TPSA) is 110 Å². The van der Waals surface area contributed by atoms with Crippen LogP contribution in [0.4, 0.5) is 11.4 Å². The Balaban J connectivity index is 3.00. The van der Waals surface area contributed by atoms with Crippen LogP contribution in [0.1, 0.15) is 34.1 Å². The first-order valence-corrected chi connectivity index (χ1v) is 6.85. The molecule has 0 aliphatic heterocycles. The summed E-state index contributed by atoms with van der Waals surface area (Å²) >= 11 is 0. The van der Waals surface area contributed by atoms with E-state index in [0.29, 0.717) is 12.1 Å². The van der Waals surface area contributed by atoms with Crippen molar-refractivity contribution in [3.8, 4) is 0 Å². The standard InChI is InChI=1S/C15H20N2O5/c1-5-14(3,10(2)18)15(4,20)13(19)16-11-6-8-12(9-7-11)17(21)22/h6-9,20H,5H2,1-4H3,(H,16,19)/t14-,15?/m1/s1. The lowest BCUT2D eigenvalue weighted by Crippen LogP contribution is -2.56. The molecular weight excluding hydrogens is 288 g/mol. The number of hydrogen-bond acceptors (Lipinski definition) is 5. The van der Waals surface area contributed by atoms with Gasteiger partial charge in [0.2, 0.25) is 0 Å². The number of amides is 1. The minimum Gasteiger partial charge on any atom is -0.379 e. The van der Waals surface area contributed by atoms with Gasteiger partial charge >= 0.3 is 0 Å². The van der Waals surface area contributed by atoms with Crippen LogP contribution in [0.2, 0.25) is 0 Å². The maximum atomic E-state index is 12.3. The third kappa shape index (κ3) is 3.14. The van der Waals surface area contributed by atoms with E-state index in [1.54, 1.807) is 6.92 Å². The number of Topliss-reactive ketones (excluding diaryl/α,β-unsaturated/α-hetero) is 1. The number of rotatable bonds is 6. The number of hydrogen-bond donors (Lipinski definition) is 2. The molecule has 0 spiro atoms. The van der Waals surface area contributed by atoms with Crippen LogP contribution in [-0.4, -0.2) is 27.3 Å². The summed E-state index contributed by atoms with van der Waals surface area (Å²) in [5.74, 6) is -1.03. The lowest BCUT2D eigenvalue weighted by Gasteiger charge is -2.38. The number of carbonyl (C=O) groups excluding carboxylic acids is 2. The summed E-state index contributed by atoms with van der Waals surface area (Å²) in [6, 6.07) is 5.22. The minimum atomic E-state index is -1.91. The van der Waals surface area contributed by atoms with Crippen molar-refractivity contribution in [2.45, 2.75) is 39.7 Å². The van der Waals surface area contributed by atoms with Crippen LogP contribution < -0.4 is 5.32 Å². The fraction of sp³-hybridized carbons (Fsp3) is 0.467. The highest BCUT2D eigenvalue weighted by Gasteiger charge is 2.51. The first kappa shape index (κ1) is 17.8. The Kier molecular flexibility index (Phi) is 5.03. The third-order valence-electron chi connectivity index (χ3n) is 4.34. The van der Waals surface area contributed by atoms with Crippen LogP contribution in [0.5, 0.6) is 0 Å². The number of anilines is 1. The molecule has 1 aromatic carbocycles. The SMILES string of the molecule is CC[C@](C)(C(C)=O)C(C)(O)C(=O)Nc1ccc([N+](=O)[O-])cc1. The second kappa shape index (κ2) is 6.23. The van der Waals surface area contributed by atoms with E-state index >= 15 is 0 Å². The Morgan fingerprint density at radius 1 is 1.27 bits per heavy atom. The fourth-order valence-corrected chi connectivity index (χ4v) is 2.11. The van der Waals surface area contributed by atoms with Gasteiger partial charge < -0.3 is 10.4 Å². The van der Waals surface area contributed by atoms with Crippen LogP contribution in [0, 0.1) is 15.5 Å². The highest BCUT2D eigenvalue weighted by atomic mass is 16.6. The molecule has 0 aliphatic rings. The smallest absolute Gasteiger partial charge is 0.269 e. The molecule has 0 saturated carbocycles. The zero-order valence-electron chi connectivity index (χ0n) is 13.0. The summed E-state index contributed by atoms with van der Waals surface area (Å²) in [6.45, 7) is 5.87. The number of carbonyl (C=O) groups is 2. The van der Waals surface area contributed by atoms with E-state index in [9.17, 15) is 24.8 Å². The van der Waals surface area contributed by atoms with Crippen molar-refractivity contribution in [3.63, 3.8) is 0 Å². The molecule has 0 aromatic heterocycles. The summed E-state index contributed by atoms with van der Waals surface area (Å²) in [5.41, 5.74) is -2.93. The Morgan fingerprint density at radius 3 is 2.14 bits per heavy atom. The highest BCUT2D eigenvalue weighted by molar-refractivity contribution is 6.02. The minimum absolute atomic E-state index is 0.105. The van der Waals surface area contributed by atoms with E-state index in [1.807, 2.05) is 0 Å². The number of ketones is 1. The van der Waals surface area contributed by atoms with Gasteiger partial charge in [-0.2, -0.15) is 0 Å². The fourth-order valence-electron chi connectivity index (χ4n) is 2.11. The lowest BCUT2D eigenvalue weighted by atomic mass is 9.69. The summed E-state index contributed by atoms with van der Waals surface area (Å²) < 4.78 is 0. The van der Waals surface area contributed by atoms with Gasteiger partial charge in [-0.25, -0.2) is 0 Å². The molecule has 0 fully saturated rings. The van der Waals surface area contributed by atoms with Crippen molar-refractivity contribution >= 4 is 23.1 Å². The zero-order chi connectivity index (χ0) is 17.1. The van der Waals surface area contributed by atoms with Gasteiger partial charge in [0.1, 0.15) is 5.78 Å². The van der Waals surface area contributed by atoms with Crippen LogP contribution in [0.15, 0.2) is 24.3 Å². The Labute approximate surface area is 128 Å². The number of aliphatic hydroxyl groups is 1. The summed E-state index contributed by atoms with van der Waals surface area (Å²) in [5, 5.41) is 23.6. The maximum absolute atomic E-state index is 12.3. The molecule has 1 amide bonds. The number of nitrogens with zero attached hydrogens (tertiary/aromatic N) is 1. The largest absolute Gasteiger partial charge is 0.379 e. The Bertz CT molecular complexity index is 594. The molecule has 0 aliphatic carbocycles. The van der Waals surface area contributed by atoms with E-state index in [0.717, 1.165) is 0 Å². The number of nitrogens with one attached hydrogen (secondary N) is 1. The van der Waals surface area contributed by atoms with Gasteiger partial charge in [-0.3, -0.25) is 19.7 Å². The molecule has 1 unspecified atom stereocenters. The molecule has 22 heavy (non-hydrogen) atoms. The van der Waals surface area contributed by atoms with E-state index in [1.165, 1.54) is 45.0 Å². The van der Waals surface area contributed by atoms with Crippen molar-refractivity contribution in [1.82, 2.24) is 0 Å². The number of nitro groups is 1. The van der Waals surface area contributed by atoms with Gasteiger partial charge in [-0.15, -0.1) is 0 Å². The number of benzene rings is 1. The lowest BCUT2D eigenvalue weighted by molar-refractivity contribution is -0.384. The predicted molar refractivity (Wildman–Crippen MR) is 81.4 cm³/mol. The molecule has 2 atom stereocenters. The van der Waals surface area contributed by atoms with Crippen molar-refractivity contribution in [1.29, 1.82) is 0 Å². The van der Waals surface area contributed by atoms with E-state index < -0.39 is 21.8 Å². The van der Waals surface area contributed by atoms with Gasteiger partial charge in [0, 0.05) is 17.8 Å². The average molecular weight is 308 g/mol. The molecule has 1 aromatic rings. The molecule has 7 heteroatoms. The maximum Gasteiger partial charge on any atom is 0.269 e. The normalized spacial score (nSPS) is 16.2. The summed E-state index contributed by atoms with van der Waals surface area (Å²) in [7, 11) is 0. The van der Waals surface area contributed by atoms with Crippen LogP contribution in [-0.2, 0) is 9.59 Å². The molecular formula is C15H20N2O5. The van der Waals surface area contributed by atoms with Crippen LogP contribution in [0.3, 0.4) is 0 Å². The molecule has 0 bridgehead atoms. The Morgan fingerprint density at radius 2 is 1.77 bits per heavy atom. The first-order chi connectivity index (χ1) is 10.1. The van der Waals surface area contributed by atoms with E-state index in [2.05, 4.69) is 5.32 Å². The second-order valence-corrected chi connectivity index (χ2v) is 5.57. The van der Waals surface area contributed by atoms with Gasteiger partial charge in [0.15, 0.2) is 5.60 Å². The summed E-state index contributed by atoms with van der Waals surface area (Å²) in [4.78, 5) is 34.2. The van der Waals surface area contributed by atoms with Crippen LogP contribution in [0.25, 0.3) is 0 Å². The van der Waals surface area contributed by atoms with E-state index in [4.69, 9.17) is 0 Å². The monoisotopic (exact) mass is 308 g/mol. The highest BCUT2D eigenvalue weighted by Crippen LogP contribution is 2.36. The molecule has 2 N–H and O–H groups in total. The van der Waals surface area contributed by atoms with Gasteiger partial charge in [-0.1, -0.05) is 6.92 Å². The molecule has 0 radical (unpaired) electrons. The van der Waals surface area contributed by atoms with Crippen molar-refractivity contribution in [2.24, 2.45) is 5.41 Å². The Hall–Kier alpha value is -2.28. The molecule has 120 valence electrons. The zero-order valence-corrected chi connectivity index (χ0v) is 13.0. The third-order valence-corrected chi connectivity index (χ3v) is 4.34.